The Hall–Kier alpha value is -1.77. The fourth-order valence-corrected chi connectivity index (χ4v) is 2.71. The molecule has 0 aliphatic carbocycles. The molecule has 0 atom stereocenters. The van der Waals surface area contributed by atoms with Gasteiger partial charge in [0.1, 0.15) is 0 Å². The Morgan fingerprint density at radius 2 is 1.95 bits per heavy atom. The van der Waals surface area contributed by atoms with Crippen molar-refractivity contribution >= 4 is 16.8 Å². The van der Waals surface area contributed by atoms with Crippen LogP contribution in [0.5, 0.6) is 0 Å². The molecule has 1 aromatic carbocycles. The van der Waals surface area contributed by atoms with Crippen molar-refractivity contribution < 1.29 is 4.79 Å². The van der Waals surface area contributed by atoms with E-state index in [0.717, 1.165) is 22.2 Å². The second kappa shape index (κ2) is 5.31. The van der Waals surface area contributed by atoms with E-state index in [0.29, 0.717) is 12.5 Å². The third-order valence-electron chi connectivity index (χ3n) is 3.76. The first-order chi connectivity index (χ1) is 9.34. The minimum absolute atomic E-state index is 0.0825. The van der Waals surface area contributed by atoms with E-state index in [-0.39, 0.29) is 5.91 Å². The smallest absolute Gasteiger partial charge is 0.230 e. The molecule has 0 bridgehead atoms. The van der Waals surface area contributed by atoms with Crippen molar-refractivity contribution in [3.05, 3.63) is 35.5 Å². The molecule has 2 N–H and O–H groups in total. The molecule has 1 heterocycles. The lowest BCUT2D eigenvalue weighted by Gasteiger charge is -2.25. The summed E-state index contributed by atoms with van der Waals surface area (Å²) in [6, 6.07) is 8.15. The number of carbonyl (C=O) groups is 1. The predicted octanol–water partition coefficient (Wildman–Crippen LogP) is 3.53. The number of aryl methyl sites for hydroxylation is 1. The van der Waals surface area contributed by atoms with Gasteiger partial charge in [-0.1, -0.05) is 32.0 Å². The molecular weight excluding hydrogens is 248 g/mol. The number of fused-ring (bicyclic) bond motifs is 1. The molecule has 0 unspecified atom stereocenters. The molecule has 0 saturated heterocycles. The van der Waals surface area contributed by atoms with Gasteiger partial charge in [0.2, 0.25) is 5.91 Å². The van der Waals surface area contributed by atoms with E-state index in [1.807, 2.05) is 39.0 Å². The second-order valence-electron chi connectivity index (χ2n) is 6.40. The zero-order chi connectivity index (χ0) is 14.9. The summed E-state index contributed by atoms with van der Waals surface area (Å²) in [6.07, 6.45) is 0. The SMILES string of the molecule is Cc1[nH]c2ccccc2c1C(C)(C)C(=O)NCC(C)C. The summed E-state index contributed by atoms with van der Waals surface area (Å²) < 4.78 is 0. The number of aromatic amines is 1. The van der Waals surface area contributed by atoms with E-state index in [9.17, 15) is 4.79 Å². The van der Waals surface area contributed by atoms with E-state index in [2.05, 4.69) is 30.2 Å². The number of carbonyl (C=O) groups excluding carboxylic acids is 1. The molecule has 2 aromatic rings. The Labute approximate surface area is 120 Å². The van der Waals surface area contributed by atoms with Crippen molar-refractivity contribution in [2.75, 3.05) is 6.54 Å². The molecular formula is C17H24N2O. The van der Waals surface area contributed by atoms with Gasteiger partial charge in [-0.15, -0.1) is 0 Å². The number of aromatic nitrogens is 1. The number of nitrogens with one attached hydrogen (secondary N) is 2. The predicted molar refractivity (Wildman–Crippen MR) is 83.9 cm³/mol. The molecule has 0 radical (unpaired) electrons. The maximum Gasteiger partial charge on any atom is 0.230 e. The van der Waals surface area contributed by atoms with Gasteiger partial charge in [0, 0.05) is 23.1 Å². The van der Waals surface area contributed by atoms with Crippen LogP contribution in [0.1, 0.15) is 39.0 Å². The molecule has 0 aliphatic rings. The second-order valence-corrected chi connectivity index (χ2v) is 6.40. The monoisotopic (exact) mass is 272 g/mol. The van der Waals surface area contributed by atoms with Crippen molar-refractivity contribution in [2.45, 2.75) is 40.0 Å². The standard InChI is InChI=1S/C17H24N2O/c1-11(2)10-18-16(20)17(4,5)15-12(3)19-14-9-7-6-8-13(14)15/h6-9,11,19H,10H2,1-5H3,(H,18,20). The quantitative estimate of drug-likeness (QED) is 0.878. The van der Waals surface area contributed by atoms with Crippen molar-refractivity contribution in [2.24, 2.45) is 5.92 Å². The number of para-hydroxylation sites is 1. The number of rotatable bonds is 4. The summed E-state index contributed by atoms with van der Waals surface area (Å²) in [5.74, 6) is 0.540. The molecule has 0 aliphatic heterocycles. The minimum atomic E-state index is -0.543. The normalized spacial score (nSPS) is 12.1. The first-order valence-electron chi connectivity index (χ1n) is 7.20. The highest BCUT2D eigenvalue weighted by atomic mass is 16.2. The molecule has 0 spiro atoms. The van der Waals surface area contributed by atoms with Gasteiger partial charge in [0.25, 0.3) is 0 Å². The van der Waals surface area contributed by atoms with E-state index in [4.69, 9.17) is 0 Å². The van der Waals surface area contributed by atoms with Gasteiger partial charge in [-0.3, -0.25) is 4.79 Å². The third kappa shape index (κ3) is 2.58. The average molecular weight is 272 g/mol. The molecule has 0 saturated carbocycles. The molecule has 20 heavy (non-hydrogen) atoms. The van der Waals surface area contributed by atoms with Gasteiger partial charge in [0.15, 0.2) is 0 Å². The summed E-state index contributed by atoms with van der Waals surface area (Å²) in [4.78, 5) is 15.9. The summed E-state index contributed by atoms with van der Waals surface area (Å²) in [5, 5.41) is 4.18. The largest absolute Gasteiger partial charge is 0.358 e. The number of amides is 1. The zero-order valence-corrected chi connectivity index (χ0v) is 13.0. The van der Waals surface area contributed by atoms with Crippen molar-refractivity contribution in [3.8, 4) is 0 Å². The van der Waals surface area contributed by atoms with Crippen LogP contribution in [0.15, 0.2) is 24.3 Å². The van der Waals surface area contributed by atoms with Gasteiger partial charge in [0.05, 0.1) is 5.41 Å². The van der Waals surface area contributed by atoms with Crippen LogP contribution in [0.25, 0.3) is 10.9 Å². The molecule has 3 heteroatoms. The molecule has 0 fully saturated rings. The molecule has 108 valence electrons. The summed E-state index contributed by atoms with van der Waals surface area (Å²) in [5.41, 5.74) is 2.70. The number of hydrogen-bond acceptors (Lipinski definition) is 1. The first kappa shape index (κ1) is 14.6. The first-order valence-corrected chi connectivity index (χ1v) is 7.20. The Morgan fingerprint density at radius 3 is 2.60 bits per heavy atom. The molecule has 1 amide bonds. The van der Waals surface area contributed by atoms with Crippen molar-refractivity contribution in [1.82, 2.24) is 10.3 Å². The van der Waals surface area contributed by atoms with Crippen LogP contribution < -0.4 is 5.32 Å². The number of benzene rings is 1. The number of H-pyrrole nitrogens is 1. The van der Waals surface area contributed by atoms with E-state index in [1.165, 1.54) is 0 Å². The van der Waals surface area contributed by atoms with Crippen LogP contribution in [0, 0.1) is 12.8 Å². The van der Waals surface area contributed by atoms with Gasteiger partial charge in [-0.05, 0) is 38.3 Å². The lowest BCUT2D eigenvalue weighted by Crippen LogP contribution is -2.41. The van der Waals surface area contributed by atoms with Crippen LogP contribution in [0.2, 0.25) is 0 Å². The number of hydrogen-bond donors (Lipinski definition) is 2. The molecule has 1 aromatic heterocycles. The Bertz CT molecular complexity index is 623. The third-order valence-corrected chi connectivity index (χ3v) is 3.76. The van der Waals surface area contributed by atoms with Crippen LogP contribution in [-0.2, 0) is 10.2 Å². The fourth-order valence-electron chi connectivity index (χ4n) is 2.71. The molecule has 2 rings (SSSR count). The van der Waals surface area contributed by atoms with Crippen LogP contribution in [0.3, 0.4) is 0 Å². The highest BCUT2D eigenvalue weighted by Crippen LogP contribution is 2.33. The topological polar surface area (TPSA) is 44.9 Å². The zero-order valence-electron chi connectivity index (χ0n) is 13.0. The van der Waals surface area contributed by atoms with Gasteiger partial charge >= 0.3 is 0 Å². The highest BCUT2D eigenvalue weighted by molar-refractivity contribution is 5.95. The fraction of sp³-hybridized carbons (Fsp3) is 0.471. The lowest BCUT2D eigenvalue weighted by molar-refractivity contribution is -0.125. The maximum atomic E-state index is 12.5. The van der Waals surface area contributed by atoms with Gasteiger partial charge in [-0.25, -0.2) is 0 Å². The van der Waals surface area contributed by atoms with E-state index in [1.54, 1.807) is 0 Å². The Morgan fingerprint density at radius 1 is 1.30 bits per heavy atom. The van der Waals surface area contributed by atoms with Crippen LogP contribution >= 0.6 is 0 Å². The maximum absolute atomic E-state index is 12.5. The van der Waals surface area contributed by atoms with Gasteiger partial charge < -0.3 is 10.3 Å². The summed E-state index contributed by atoms with van der Waals surface area (Å²) >= 11 is 0. The Kier molecular flexibility index (Phi) is 3.89. The van der Waals surface area contributed by atoms with E-state index >= 15 is 0 Å². The van der Waals surface area contributed by atoms with Crippen molar-refractivity contribution in [1.29, 1.82) is 0 Å². The van der Waals surface area contributed by atoms with Crippen molar-refractivity contribution in [3.63, 3.8) is 0 Å². The Balaban J connectivity index is 2.40. The van der Waals surface area contributed by atoms with E-state index < -0.39 is 5.41 Å². The summed E-state index contributed by atoms with van der Waals surface area (Å²) in [7, 11) is 0. The van der Waals surface area contributed by atoms with Gasteiger partial charge in [-0.2, -0.15) is 0 Å². The van der Waals surface area contributed by atoms with Crippen LogP contribution in [0.4, 0.5) is 0 Å². The highest BCUT2D eigenvalue weighted by Gasteiger charge is 2.33. The lowest BCUT2D eigenvalue weighted by atomic mass is 9.81. The molecule has 3 nitrogen and oxygen atoms in total. The average Bonchev–Trinajstić information content (AvgIpc) is 2.71. The summed E-state index contributed by atoms with van der Waals surface area (Å²) in [6.45, 7) is 10.9. The van der Waals surface area contributed by atoms with Crippen LogP contribution in [-0.4, -0.2) is 17.4 Å². The minimum Gasteiger partial charge on any atom is -0.358 e.